The number of benzene rings is 1. The number of thiazole rings is 1. The number of carbonyl (C=O) groups is 1. The Bertz CT molecular complexity index is 1070. The van der Waals surface area contributed by atoms with Crippen LogP contribution in [0.1, 0.15) is 36.6 Å². The fourth-order valence-electron chi connectivity index (χ4n) is 2.91. The van der Waals surface area contributed by atoms with Crippen molar-refractivity contribution < 1.29 is 27.1 Å². The summed E-state index contributed by atoms with van der Waals surface area (Å²) in [7, 11) is 0. The molecule has 1 fully saturated rings. The number of hydrogen-bond donors (Lipinski definition) is 1. The predicted octanol–water partition coefficient (Wildman–Crippen LogP) is 5.31. The highest BCUT2D eigenvalue weighted by molar-refractivity contribution is 9.10. The summed E-state index contributed by atoms with van der Waals surface area (Å²) >= 11 is 4.26. The second-order valence-electron chi connectivity index (χ2n) is 6.39. The smallest absolute Gasteiger partial charge is 0.387 e. The number of hydrogen-bond acceptors (Lipinski definition) is 5. The number of nitrogens with one attached hydrogen (secondary N) is 1. The van der Waals surface area contributed by atoms with E-state index in [1.165, 1.54) is 22.9 Å². The summed E-state index contributed by atoms with van der Waals surface area (Å²) in [6.07, 6.45) is -1.04. The van der Waals surface area contributed by atoms with Gasteiger partial charge < -0.3 is 10.1 Å². The van der Waals surface area contributed by atoms with E-state index < -0.39 is 18.9 Å². The highest BCUT2D eigenvalue weighted by Crippen LogP contribution is 2.45. The van der Waals surface area contributed by atoms with Gasteiger partial charge in [0.15, 0.2) is 5.13 Å². The lowest BCUT2D eigenvalue weighted by molar-refractivity contribution is -0.117. The number of rotatable bonds is 7. The summed E-state index contributed by atoms with van der Waals surface area (Å²) in [5.74, 6) is -0.386. The molecule has 0 aliphatic heterocycles. The van der Waals surface area contributed by atoms with E-state index in [0.717, 1.165) is 24.2 Å². The van der Waals surface area contributed by atoms with E-state index in [-0.39, 0.29) is 33.5 Å². The van der Waals surface area contributed by atoms with Gasteiger partial charge >= 0.3 is 6.61 Å². The largest absolute Gasteiger partial charge is 0.435 e. The molecule has 1 N–H and O–H groups in total. The highest BCUT2D eigenvalue weighted by atomic mass is 79.9. The molecule has 2 aromatic heterocycles. The molecule has 12 heteroatoms. The van der Waals surface area contributed by atoms with Crippen LogP contribution in [0.2, 0.25) is 0 Å². The molecular formula is C17H13BrF4N4O2S. The van der Waals surface area contributed by atoms with Crippen LogP contribution in [-0.2, 0) is 11.3 Å². The van der Waals surface area contributed by atoms with Gasteiger partial charge in [0.25, 0.3) is 6.43 Å². The van der Waals surface area contributed by atoms with Gasteiger partial charge in [-0.15, -0.1) is 0 Å². The number of alkyl halides is 4. The van der Waals surface area contributed by atoms with Gasteiger partial charge in [0, 0.05) is 5.92 Å². The average Bonchev–Trinajstić information content (AvgIpc) is 3.29. The summed E-state index contributed by atoms with van der Waals surface area (Å²) in [5.41, 5.74) is 0.715. The Morgan fingerprint density at radius 2 is 2.10 bits per heavy atom. The second-order valence-corrected chi connectivity index (χ2v) is 8.22. The molecule has 1 aromatic carbocycles. The molecule has 0 atom stereocenters. The minimum absolute atomic E-state index is 0.0102. The van der Waals surface area contributed by atoms with Crippen molar-refractivity contribution in [1.29, 1.82) is 0 Å². The van der Waals surface area contributed by atoms with E-state index in [4.69, 9.17) is 0 Å². The Balaban J connectivity index is 1.51. The van der Waals surface area contributed by atoms with Crippen LogP contribution < -0.4 is 10.1 Å². The van der Waals surface area contributed by atoms with E-state index in [9.17, 15) is 22.4 Å². The maximum atomic E-state index is 13.1. The number of halogens is 5. The van der Waals surface area contributed by atoms with Crippen molar-refractivity contribution in [3.63, 3.8) is 0 Å². The van der Waals surface area contributed by atoms with E-state index >= 15 is 0 Å². The van der Waals surface area contributed by atoms with Crippen LogP contribution in [0.15, 0.2) is 22.7 Å². The minimum Gasteiger partial charge on any atom is -0.435 e. The third-order valence-electron chi connectivity index (χ3n) is 4.25. The Kier molecular flexibility index (Phi) is 5.47. The van der Waals surface area contributed by atoms with Gasteiger partial charge in [0.1, 0.15) is 18.0 Å². The van der Waals surface area contributed by atoms with Gasteiger partial charge in [0.2, 0.25) is 5.91 Å². The fraction of sp³-hybridized carbons (Fsp3) is 0.353. The number of ether oxygens (including phenoxy) is 1. The standard InChI is InChI=1S/C17H13BrF4N4O2S/c18-12-13(15(19)20)25-26(14(12)7-1-2-7)6-11(27)24-17-23-9-4-3-8(28-16(21)22)5-10(9)29-17/h3-5,7,15-16H,1-2,6H2,(H,23,24,27). The van der Waals surface area contributed by atoms with Crippen LogP contribution in [0.25, 0.3) is 10.2 Å². The third-order valence-corrected chi connectivity index (χ3v) is 6.00. The monoisotopic (exact) mass is 492 g/mol. The number of anilines is 1. The molecule has 2 heterocycles. The zero-order valence-corrected chi connectivity index (χ0v) is 16.9. The zero-order valence-electron chi connectivity index (χ0n) is 14.5. The number of fused-ring (bicyclic) bond motifs is 1. The number of aromatic nitrogens is 3. The quantitative estimate of drug-likeness (QED) is 0.453. The number of amides is 1. The van der Waals surface area contributed by atoms with Crippen LogP contribution >= 0.6 is 27.3 Å². The summed E-state index contributed by atoms with van der Waals surface area (Å²) in [5, 5.41) is 6.75. The first-order valence-electron chi connectivity index (χ1n) is 8.51. The van der Waals surface area contributed by atoms with E-state index in [2.05, 4.69) is 36.1 Å². The molecule has 0 bridgehead atoms. The Morgan fingerprint density at radius 3 is 2.76 bits per heavy atom. The van der Waals surface area contributed by atoms with Crippen molar-refractivity contribution in [1.82, 2.24) is 14.8 Å². The molecule has 1 aliphatic carbocycles. The van der Waals surface area contributed by atoms with Gasteiger partial charge in [-0.1, -0.05) is 11.3 Å². The zero-order chi connectivity index (χ0) is 20.7. The Hall–Kier alpha value is -2.21. The Morgan fingerprint density at radius 1 is 1.34 bits per heavy atom. The molecule has 0 radical (unpaired) electrons. The molecule has 0 unspecified atom stereocenters. The summed E-state index contributed by atoms with van der Waals surface area (Å²) in [4.78, 5) is 16.6. The van der Waals surface area contributed by atoms with Crippen LogP contribution in [0.5, 0.6) is 5.75 Å². The maximum absolute atomic E-state index is 13.1. The first-order valence-corrected chi connectivity index (χ1v) is 10.1. The lowest BCUT2D eigenvalue weighted by Gasteiger charge is -2.06. The summed E-state index contributed by atoms with van der Waals surface area (Å²) in [6.45, 7) is -3.18. The normalized spacial score (nSPS) is 14.2. The molecule has 1 amide bonds. The highest BCUT2D eigenvalue weighted by Gasteiger charge is 2.34. The van der Waals surface area contributed by atoms with Crippen molar-refractivity contribution >= 4 is 48.5 Å². The summed E-state index contributed by atoms with van der Waals surface area (Å²) < 4.78 is 57.4. The molecular weight excluding hydrogens is 480 g/mol. The first kappa shape index (κ1) is 20.1. The van der Waals surface area contributed by atoms with Crippen molar-refractivity contribution in [3.05, 3.63) is 34.1 Å². The maximum Gasteiger partial charge on any atom is 0.387 e. The average molecular weight is 493 g/mol. The third kappa shape index (κ3) is 4.37. The minimum atomic E-state index is -2.94. The molecule has 154 valence electrons. The SMILES string of the molecule is O=C(Cn1nc(C(F)F)c(Br)c1C1CC1)Nc1nc2ccc(OC(F)F)cc2s1. The van der Waals surface area contributed by atoms with E-state index in [1.807, 2.05) is 0 Å². The van der Waals surface area contributed by atoms with Crippen molar-refractivity contribution in [2.45, 2.75) is 38.3 Å². The molecule has 0 saturated heterocycles. The molecule has 6 nitrogen and oxygen atoms in total. The predicted molar refractivity (Wildman–Crippen MR) is 102 cm³/mol. The second kappa shape index (κ2) is 7.90. The first-order chi connectivity index (χ1) is 13.8. The van der Waals surface area contributed by atoms with Crippen molar-refractivity contribution in [3.8, 4) is 5.75 Å². The molecule has 29 heavy (non-hydrogen) atoms. The van der Waals surface area contributed by atoms with Gasteiger partial charge in [-0.3, -0.25) is 9.48 Å². The van der Waals surface area contributed by atoms with Crippen LogP contribution in [-0.4, -0.2) is 27.3 Å². The van der Waals surface area contributed by atoms with Gasteiger partial charge in [-0.2, -0.15) is 13.9 Å². The molecule has 4 rings (SSSR count). The van der Waals surface area contributed by atoms with Gasteiger partial charge in [-0.25, -0.2) is 13.8 Å². The van der Waals surface area contributed by atoms with Crippen LogP contribution in [0.4, 0.5) is 22.7 Å². The molecule has 1 saturated carbocycles. The molecule has 0 spiro atoms. The Labute approximate surface area is 174 Å². The van der Waals surface area contributed by atoms with Crippen molar-refractivity contribution in [2.24, 2.45) is 0 Å². The molecule has 3 aromatic rings. The lowest BCUT2D eigenvalue weighted by atomic mass is 10.2. The van der Waals surface area contributed by atoms with Crippen molar-refractivity contribution in [2.75, 3.05) is 5.32 Å². The number of nitrogens with zero attached hydrogens (tertiary/aromatic N) is 3. The van der Waals surface area contributed by atoms with E-state index in [0.29, 0.717) is 15.9 Å². The molecule has 1 aliphatic rings. The topological polar surface area (TPSA) is 69.0 Å². The van der Waals surface area contributed by atoms with Crippen LogP contribution in [0.3, 0.4) is 0 Å². The van der Waals surface area contributed by atoms with Gasteiger partial charge in [0.05, 0.1) is 20.4 Å². The number of carbonyl (C=O) groups excluding carboxylic acids is 1. The van der Waals surface area contributed by atoms with Gasteiger partial charge in [-0.05, 0) is 47.0 Å². The summed E-state index contributed by atoms with van der Waals surface area (Å²) in [6, 6.07) is 4.26. The lowest BCUT2D eigenvalue weighted by Crippen LogP contribution is -2.20. The van der Waals surface area contributed by atoms with E-state index in [1.54, 1.807) is 0 Å². The van der Waals surface area contributed by atoms with Crippen LogP contribution in [0, 0.1) is 0 Å². The fourth-order valence-corrected chi connectivity index (χ4v) is 4.60.